The van der Waals surface area contributed by atoms with Crippen molar-refractivity contribution in [3.05, 3.63) is 41.5 Å². The lowest BCUT2D eigenvalue weighted by molar-refractivity contribution is -0.121. The number of anilines is 1. The quantitative estimate of drug-likeness (QED) is 0.798. The molecule has 2 rings (SSSR count). The molecule has 0 aromatic carbocycles. The Bertz CT molecular complexity index is 684. The number of nitrogens with zero attached hydrogens (tertiary/aromatic N) is 4. The molecule has 0 fully saturated rings. The SMILES string of the molecule is Cc1nn(C)c(C)c1NC(=O)C(C)N(CCO)Cc1cccnc1. The van der Waals surface area contributed by atoms with E-state index in [-0.39, 0.29) is 12.5 Å². The average Bonchev–Trinajstić information content (AvgIpc) is 2.81. The lowest BCUT2D eigenvalue weighted by atomic mass is 10.2. The van der Waals surface area contributed by atoms with Crippen LogP contribution >= 0.6 is 0 Å². The second kappa shape index (κ2) is 8.03. The molecule has 130 valence electrons. The zero-order valence-corrected chi connectivity index (χ0v) is 14.7. The van der Waals surface area contributed by atoms with Crippen molar-refractivity contribution in [2.24, 2.45) is 7.05 Å². The number of pyridine rings is 1. The molecule has 2 N–H and O–H groups in total. The van der Waals surface area contributed by atoms with Gasteiger partial charge in [0.1, 0.15) is 0 Å². The standard InChI is InChI=1S/C17H25N5O2/c1-12-16(13(2)21(4)20-12)19-17(24)14(3)22(8-9-23)11-15-6-5-7-18-10-15/h5-7,10,14,23H,8-9,11H2,1-4H3,(H,19,24). The molecule has 1 atom stereocenters. The van der Waals surface area contributed by atoms with Gasteiger partial charge in [-0.05, 0) is 32.4 Å². The molecule has 7 heteroatoms. The molecule has 0 saturated heterocycles. The third kappa shape index (κ3) is 4.18. The summed E-state index contributed by atoms with van der Waals surface area (Å²) in [5.41, 5.74) is 3.45. The highest BCUT2D eigenvalue weighted by Crippen LogP contribution is 2.19. The number of nitrogens with one attached hydrogen (secondary N) is 1. The van der Waals surface area contributed by atoms with Crippen LogP contribution in [0, 0.1) is 13.8 Å². The molecule has 0 aliphatic carbocycles. The first-order valence-electron chi connectivity index (χ1n) is 7.99. The van der Waals surface area contributed by atoms with Crippen LogP contribution in [0.4, 0.5) is 5.69 Å². The smallest absolute Gasteiger partial charge is 0.241 e. The van der Waals surface area contributed by atoms with E-state index in [4.69, 9.17) is 0 Å². The number of carbonyl (C=O) groups excluding carboxylic acids is 1. The van der Waals surface area contributed by atoms with Crippen LogP contribution in [-0.2, 0) is 18.4 Å². The Hall–Kier alpha value is -2.25. The number of aliphatic hydroxyl groups excluding tert-OH is 1. The van der Waals surface area contributed by atoms with E-state index in [2.05, 4.69) is 15.4 Å². The van der Waals surface area contributed by atoms with Crippen LogP contribution in [0.5, 0.6) is 0 Å². The Labute approximate surface area is 142 Å². The first kappa shape index (κ1) is 18.1. The predicted octanol–water partition coefficient (Wildman–Crippen LogP) is 1.25. The normalized spacial score (nSPS) is 12.4. The Morgan fingerprint density at radius 1 is 1.46 bits per heavy atom. The van der Waals surface area contributed by atoms with Crippen molar-refractivity contribution >= 4 is 11.6 Å². The Morgan fingerprint density at radius 2 is 2.21 bits per heavy atom. The number of amides is 1. The Balaban J connectivity index is 2.10. The third-order valence-corrected chi connectivity index (χ3v) is 4.18. The van der Waals surface area contributed by atoms with Crippen LogP contribution in [0.25, 0.3) is 0 Å². The van der Waals surface area contributed by atoms with Gasteiger partial charge in [0.15, 0.2) is 0 Å². The van der Waals surface area contributed by atoms with E-state index in [9.17, 15) is 9.90 Å². The fourth-order valence-corrected chi connectivity index (χ4v) is 2.61. The zero-order chi connectivity index (χ0) is 17.7. The van der Waals surface area contributed by atoms with E-state index in [0.29, 0.717) is 13.1 Å². The van der Waals surface area contributed by atoms with Crippen molar-refractivity contribution in [3.8, 4) is 0 Å². The van der Waals surface area contributed by atoms with Crippen LogP contribution in [0.1, 0.15) is 23.9 Å². The van der Waals surface area contributed by atoms with Crippen molar-refractivity contribution < 1.29 is 9.90 Å². The van der Waals surface area contributed by atoms with E-state index in [1.165, 1.54) is 0 Å². The van der Waals surface area contributed by atoms with Crippen LogP contribution in [0.3, 0.4) is 0 Å². The number of aliphatic hydroxyl groups is 1. The Kier molecular flexibility index (Phi) is 6.05. The van der Waals surface area contributed by atoms with E-state index < -0.39 is 6.04 Å². The predicted molar refractivity (Wildman–Crippen MR) is 92.5 cm³/mol. The summed E-state index contributed by atoms with van der Waals surface area (Å²) >= 11 is 0. The maximum atomic E-state index is 12.6. The molecule has 0 aliphatic heterocycles. The van der Waals surface area contributed by atoms with Crippen molar-refractivity contribution in [2.75, 3.05) is 18.5 Å². The molecule has 2 aromatic heterocycles. The number of rotatable bonds is 7. The minimum Gasteiger partial charge on any atom is -0.395 e. The molecular formula is C17H25N5O2. The summed E-state index contributed by atoms with van der Waals surface area (Å²) in [4.78, 5) is 18.7. The number of carbonyl (C=O) groups is 1. The van der Waals surface area contributed by atoms with E-state index in [1.54, 1.807) is 17.1 Å². The van der Waals surface area contributed by atoms with Crippen molar-refractivity contribution in [3.63, 3.8) is 0 Å². The van der Waals surface area contributed by atoms with E-state index in [0.717, 1.165) is 22.6 Å². The maximum absolute atomic E-state index is 12.6. The van der Waals surface area contributed by atoms with Gasteiger partial charge in [0.2, 0.25) is 5.91 Å². The first-order chi connectivity index (χ1) is 11.4. The van der Waals surface area contributed by atoms with Gasteiger partial charge in [-0.25, -0.2) is 0 Å². The molecule has 7 nitrogen and oxygen atoms in total. The molecule has 1 unspecified atom stereocenters. The summed E-state index contributed by atoms with van der Waals surface area (Å²) in [6.45, 7) is 6.57. The number of hydrogen-bond donors (Lipinski definition) is 2. The van der Waals surface area contributed by atoms with Crippen molar-refractivity contribution in [2.45, 2.75) is 33.4 Å². The fraction of sp³-hybridized carbons (Fsp3) is 0.471. The minimum absolute atomic E-state index is 0.0111. The molecular weight excluding hydrogens is 306 g/mol. The van der Waals surface area contributed by atoms with Gasteiger partial charge in [-0.2, -0.15) is 5.10 Å². The summed E-state index contributed by atoms with van der Waals surface area (Å²) in [6.07, 6.45) is 3.48. The van der Waals surface area contributed by atoms with E-state index in [1.807, 2.05) is 44.9 Å². The molecule has 0 bridgehead atoms. The second-order valence-corrected chi connectivity index (χ2v) is 5.89. The summed E-state index contributed by atoms with van der Waals surface area (Å²) < 4.78 is 1.75. The fourth-order valence-electron chi connectivity index (χ4n) is 2.61. The lowest BCUT2D eigenvalue weighted by Crippen LogP contribution is -2.43. The third-order valence-electron chi connectivity index (χ3n) is 4.18. The number of aryl methyl sites for hydroxylation is 2. The molecule has 2 heterocycles. The summed E-state index contributed by atoms with van der Waals surface area (Å²) in [7, 11) is 1.85. The largest absolute Gasteiger partial charge is 0.395 e. The lowest BCUT2D eigenvalue weighted by Gasteiger charge is -2.27. The molecule has 2 aromatic rings. The van der Waals surface area contributed by atoms with Crippen molar-refractivity contribution in [1.82, 2.24) is 19.7 Å². The monoisotopic (exact) mass is 331 g/mol. The molecule has 0 saturated carbocycles. The minimum atomic E-state index is -0.392. The highest BCUT2D eigenvalue weighted by Gasteiger charge is 2.23. The molecule has 24 heavy (non-hydrogen) atoms. The van der Waals surface area contributed by atoms with Gasteiger partial charge in [-0.15, -0.1) is 0 Å². The van der Waals surface area contributed by atoms with Crippen molar-refractivity contribution in [1.29, 1.82) is 0 Å². The summed E-state index contributed by atoms with van der Waals surface area (Å²) in [6, 6.07) is 3.42. The molecule has 0 spiro atoms. The van der Waals surface area contributed by atoms with Gasteiger partial charge in [0.25, 0.3) is 0 Å². The molecule has 1 amide bonds. The van der Waals surface area contributed by atoms with Crippen LogP contribution < -0.4 is 5.32 Å². The van der Waals surface area contributed by atoms with Gasteiger partial charge < -0.3 is 10.4 Å². The summed E-state index contributed by atoms with van der Waals surface area (Å²) in [5.74, 6) is -0.119. The van der Waals surface area contributed by atoms with Crippen LogP contribution in [0.15, 0.2) is 24.5 Å². The number of hydrogen-bond acceptors (Lipinski definition) is 5. The van der Waals surface area contributed by atoms with Gasteiger partial charge in [-0.1, -0.05) is 6.07 Å². The molecule has 0 radical (unpaired) electrons. The summed E-state index contributed by atoms with van der Waals surface area (Å²) in [5, 5.41) is 16.6. The van der Waals surface area contributed by atoms with Gasteiger partial charge in [0, 0.05) is 32.5 Å². The highest BCUT2D eigenvalue weighted by atomic mass is 16.3. The average molecular weight is 331 g/mol. The van der Waals surface area contributed by atoms with E-state index >= 15 is 0 Å². The Morgan fingerprint density at radius 3 is 2.75 bits per heavy atom. The molecule has 0 aliphatic rings. The zero-order valence-electron chi connectivity index (χ0n) is 14.7. The van der Waals surface area contributed by atoms with Gasteiger partial charge in [0.05, 0.1) is 29.7 Å². The van der Waals surface area contributed by atoms with Gasteiger partial charge >= 0.3 is 0 Å². The van der Waals surface area contributed by atoms with Gasteiger partial charge in [-0.3, -0.25) is 19.4 Å². The second-order valence-electron chi connectivity index (χ2n) is 5.89. The highest BCUT2D eigenvalue weighted by molar-refractivity contribution is 5.95. The topological polar surface area (TPSA) is 83.3 Å². The number of aromatic nitrogens is 3. The van der Waals surface area contributed by atoms with Crippen LogP contribution in [0.2, 0.25) is 0 Å². The maximum Gasteiger partial charge on any atom is 0.241 e. The van der Waals surface area contributed by atoms with Crippen LogP contribution in [-0.4, -0.2) is 49.9 Å². The first-order valence-corrected chi connectivity index (χ1v) is 7.99.